The van der Waals surface area contributed by atoms with Crippen LogP contribution in [-0.4, -0.2) is 29.1 Å². The number of carbonyl (C=O) groups excluding carboxylic acids is 2. The number of hydrogen-bond donors (Lipinski definition) is 1. The van der Waals surface area contributed by atoms with Gasteiger partial charge in [0.1, 0.15) is 11.9 Å². The molecule has 0 aromatic heterocycles. The quantitative estimate of drug-likeness (QED) is 0.722. The number of rotatable bonds is 1. The molecule has 4 rings (SSSR count). The maximum Gasteiger partial charge on any atom is 0.302 e. The Bertz CT molecular complexity index is 640. The first-order valence-corrected chi connectivity index (χ1v) is 10.4. The summed E-state index contributed by atoms with van der Waals surface area (Å²) in [6.07, 6.45) is 4.77. The second-order valence-corrected chi connectivity index (χ2v) is 10.7. The van der Waals surface area contributed by atoms with Gasteiger partial charge in [-0.15, -0.1) is 0 Å². The Morgan fingerprint density at radius 3 is 2.50 bits per heavy atom. The van der Waals surface area contributed by atoms with Gasteiger partial charge in [-0.2, -0.15) is 0 Å². The number of esters is 1. The number of carbonyl (C=O) groups is 2. The Morgan fingerprint density at radius 2 is 1.85 bits per heavy atom. The lowest BCUT2D eigenvalue weighted by Gasteiger charge is -2.66. The lowest BCUT2D eigenvalue weighted by molar-refractivity contribution is -0.228. The molecule has 0 radical (unpaired) electrons. The van der Waals surface area contributed by atoms with Crippen LogP contribution in [0, 0.1) is 39.9 Å². The second kappa shape index (κ2) is 5.56. The number of aliphatic hydroxyl groups is 1. The Labute approximate surface area is 157 Å². The van der Waals surface area contributed by atoms with Gasteiger partial charge in [-0.3, -0.25) is 9.59 Å². The lowest BCUT2D eigenvalue weighted by Crippen LogP contribution is -2.65. The van der Waals surface area contributed by atoms with Crippen molar-refractivity contribution in [2.24, 2.45) is 39.9 Å². The summed E-state index contributed by atoms with van der Waals surface area (Å²) in [6.45, 7) is 10.6. The number of ether oxygens (including phenoxy) is 1. The summed E-state index contributed by atoms with van der Waals surface area (Å²) in [5, 5.41) is 11.2. The average molecular weight is 363 g/mol. The molecule has 0 aromatic carbocycles. The molecule has 0 heterocycles. The molecule has 4 heteroatoms. The Balaban J connectivity index is 1.83. The van der Waals surface area contributed by atoms with E-state index in [1.54, 1.807) is 0 Å². The summed E-state index contributed by atoms with van der Waals surface area (Å²) in [4.78, 5) is 24.8. The van der Waals surface area contributed by atoms with Gasteiger partial charge in [-0.25, -0.2) is 0 Å². The summed E-state index contributed by atoms with van der Waals surface area (Å²) in [5.74, 6) is 0.601. The first-order valence-electron chi connectivity index (χ1n) is 10.4. The third kappa shape index (κ3) is 2.17. The second-order valence-electron chi connectivity index (χ2n) is 10.7. The highest BCUT2D eigenvalue weighted by Gasteiger charge is 2.71. The lowest BCUT2D eigenvalue weighted by atomic mass is 9.40. The average Bonchev–Trinajstić information content (AvgIpc) is 2.68. The maximum atomic E-state index is 13.0. The Morgan fingerprint density at radius 1 is 1.15 bits per heavy atom. The fraction of sp³-hybridized carbons (Fsp3) is 0.909. The normalized spacial score (nSPS) is 52.2. The van der Waals surface area contributed by atoms with Gasteiger partial charge in [0.15, 0.2) is 0 Å². The van der Waals surface area contributed by atoms with Gasteiger partial charge in [0.05, 0.1) is 6.10 Å². The van der Waals surface area contributed by atoms with E-state index < -0.39 is 6.10 Å². The smallest absolute Gasteiger partial charge is 0.302 e. The fourth-order valence-corrected chi connectivity index (χ4v) is 8.18. The molecule has 0 amide bonds. The van der Waals surface area contributed by atoms with Crippen molar-refractivity contribution < 1.29 is 19.4 Å². The van der Waals surface area contributed by atoms with Gasteiger partial charge in [0.2, 0.25) is 0 Å². The molecular weight excluding hydrogens is 328 g/mol. The molecule has 4 saturated carbocycles. The van der Waals surface area contributed by atoms with Crippen LogP contribution in [0.25, 0.3) is 0 Å². The molecule has 1 spiro atoms. The van der Waals surface area contributed by atoms with E-state index in [2.05, 4.69) is 27.7 Å². The first kappa shape index (κ1) is 18.5. The number of aliphatic hydroxyl groups excluding tert-OH is 1. The molecule has 8 atom stereocenters. The molecule has 0 aromatic rings. The van der Waals surface area contributed by atoms with Crippen molar-refractivity contribution in [2.75, 3.05) is 0 Å². The molecule has 4 aliphatic rings. The van der Waals surface area contributed by atoms with Crippen LogP contribution in [0.5, 0.6) is 0 Å². The maximum absolute atomic E-state index is 13.0. The van der Waals surface area contributed by atoms with Gasteiger partial charge >= 0.3 is 5.97 Å². The summed E-state index contributed by atoms with van der Waals surface area (Å²) < 4.78 is 5.87. The minimum absolute atomic E-state index is 0.112. The van der Waals surface area contributed by atoms with E-state index in [1.807, 2.05) is 0 Å². The van der Waals surface area contributed by atoms with Crippen LogP contribution in [0.1, 0.15) is 73.1 Å². The molecular formula is C22H34O4. The number of hydrogen-bond acceptors (Lipinski definition) is 4. The SMILES string of the molecule is CC(=O)O[C@H]1CCC(C)(C)[C@H]2CC[C@]34C[C@@H](C)[C@H](C(=O)C[C@H]3[C@]12C)[C@H]4O. The van der Waals surface area contributed by atoms with Crippen molar-refractivity contribution in [3.63, 3.8) is 0 Å². The standard InChI is InChI=1S/C22H34O4/c1-12-11-22-9-6-15-20(3,4)8-7-17(26-13(2)23)21(15,5)16(22)10-14(24)18(12)19(22)25/h12,15-19,25H,6-11H2,1-5H3/t12-,15-,16+,17+,18-,19-,21-,22+/m1/s1. The molecule has 0 unspecified atom stereocenters. The van der Waals surface area contributed by atoms with Gasteiger partial charge in [-0.05, 0) is 55.3 Å². The van der Waals surface area contributed by atoms with Crippen molar-refractivity contribution in [3.05, 3.63) is 0 Å². The predicted molar refractivity (Wildman–Crippen MR) is 98.2 cm³/mol. The van der Waals surface area contributed by atoms with Gasteiger partial charge < -0.3 is 9.84 Å². The zero-order valence-corrected chi connectivity index (χ0v) is 16.9. The molecule has 0 aliphatic heterocycles. The van der Waals surface area contributed by atoms with E-state index in [-0.39, 0.29) is 51.9 Å². The Kier molecular flexibility index (Phi) is 3.95. The van der Waals surface area contributed by atoms with E-state index in [9.17, 15) is 14.7 Å². The van der Waals surface area contributed by atoms with Crippen molar-refractivity contribution in [3.8, 4) is 0 Å². The van der Waals surface area contributed by atoms with Crippen LogP contribution >= 0.6 is 0 Å². The number of Topliss-reactive ketones (excluding diaryl/α,β-unsaturated/α-hetero) is 1. The zero-order valence-electron chi connectivity index (χ0n) is 16.9. The monoisotopic (exact) mass is 362 g/mol. The summed E-state index contributed by atoms with van der Waals surface area (Å²) >= 11 is 0. The van der Waals surface area contributed by atoms with Crippen LogP contribution in [0.4, 0.5) is 0 Å². The van der Waals surface area contributed by atoms with Crippen molar-refractivity contribution in [2.45, 2.75) is 85.4 Å². The van der Waals surface area contributed by atoms with E-state index in [0.29, 0.717) is 12.3 Å². The predicted octanol–water partition coefficient (Wildman–Crippen LogP) is 3.75. The van der Waals surface area contributed by atoms with Crippen LogP contribution in [0.2, 0.25) is 0 Å². The van der Waals surface area contributed by atoms with Gasteiger partial charge in [0, 0.05) is 30.1 Å². The summed E-state index contributed by atoms with van der Waals surface area (Å²) in [5.41, 5.74) is -0.242. The van der Waals surface area contributed by atoms with E-state index >= 15 is 0 Å². The van der Waals surface area contributed by atoms with Crippen molar-refractivity contribution >= 4 is 11.8 Å². The highest BCUT2D eigenvalue weighted by Crippen LogP contribution is 2.71. The van der Waals surface area contributed by atoms with Crippen LogP contribution < -0.4 is 0 Å². The largest absolute Gasteiger partial charge is 0.462 e. The minimum atomic E-state index is -0.524. The molecule has 146 valence electrons. The third-order valence-corrected chi connectivity index (χ3v) is 9.11. The topological polar surface area (TPSA) is 63.6 Å². The molecule has 0 saturated heterocycles. The third-order valence-electron chi connectivity index (χ3n) is 9.11. The van der Waals surface area contributed by atoms with E-state index in [0.717, 1.165) is 32.1 Å². The molecule has 4 nitrogen and oxygen atoms in total. The van der Waals surface area contributed by atoms with Gasteiger partial charge in [0.25, 0.3) is 0 Å². The summed E-state index contributed by atoms with van der Waals surface area (Å²) in [7, 11) is 0. The van der Waals surface area contributed by atoms with Crippen molar-refractivity contribution in [1.82, 2.24) is 0 Å². The van der Waals surface area contributed by atoms with Gasteiger partial charge in [-0.1, -0.05) is 27.7 Å². The Hall–Kier alpha value is -0.900. The molecule has 2 bridgehead atoms. The van der Waals surface area contributed by atoms with E-state index in [4.69, 9.17) is 4.74 Å². The van der Waals surface area contributed by atoms with Crippen LogP contribution in [-0.2, 0) is 14.3 Å². The highest BCUT2D eigenvalue weighted by molar-refractivity contribution is 5.84. The molecule has 4 fully saturated rings. The highest BCUT2D eigenvalue weighted by atomic mass is 16.5. The molecule has 4 aliphatic carbocycles. The van der Waals surface area contributed by atoms with Crippen molar-refractivity contribution in [1.29, 1.82) is 0 Å². The number of ketones is 1. The number of fused-ring (bicyclic) bond motifs is 3. The van der Waals surface area contributed by atoms with Crippen LogP contribution in [0.3, 0.4) is 0 Å². The van der Waals surface area contributed by atoms with Crippen LogP contribution in [0.15, 0.2) is 0 Å². The molecule has 1 N–H and O–H groups in total. The fourth-order valence-electron chi connectivity index (χ4n) is 8.18. The zero-order chi connectivity index (χ0) is 19.1. The summed E-state index contributed by atoms with van der Waals surface area (Å²) in [6, 6.07) is 0. The molecule has 26 heavy (non-hydrogen) atoms. The first-order chi connectivity index (χ1) is 12.0. The van der Waals surface area contributed by atoms with E-state index in [1.165, 1.54) is 6.92 Å². The minimum Gasteiger partial charge on any atom is -0.462 e.